The molecule has 1 aliphatic rings. The van der Waals surface area contributed by atoms with Crippen molar-refractivity contribution in [1.82, 2.24) is 0 Å². The average molecular weight is 498 g/mol. The molecule has 3 nitrogen and oxygen atoms in total. The highest BCUT2D eigenvalue weighted by Gasteiger charge is 2.37. The Morgan fingerprint density at radius 1 is 1.03 bits per heavy atom. The van der Waals surface area contributed by atoms with Crippen LogP contribution in [0.15, 0.2) is 18.2 Å². The Morgan fingerprint density at radius 3 is 2.07 bits per heavy atom. The molecule has 1 aromatic carbocycles. The molecule has 0 radical (unpaired) electrons. The fraction of sp³-hybridized carbons (Fsp3) is 0.300. The molecule has 30 heavy (non-hydrogen) atoms. The van der Waals surface area contributed by atoms with Crippen LogP contribution in [0.25, 0.3) is 5.57 Å². The molecule has 2 aromatic rings. The minimum atomic E-state index is -4.85. The zero-order valence-corrected chi connectivity index (χ0v) is 18.5. The molecule has 1 aliphatic carbocycles. The van der Waals surface area contributed by atoms with Gasteiger partial charge in [0, 0.05) is 0 Å². The van der Waals surface area contributed by atoms with Crippen molar-refractivity contribution in [3.8, 4) is 0 Å². The van der Waals surface area contributed by atoms with Crippen LogP contribution < -0.4 is 0 Å². The van der Waals surface area contributed by atoms with E-state index in [9.17, 15) is 22.8 Å². The Balaban J connectivity index is 2.13. The predicted octanol–water partition coefficient (Wildman–Crippen LogP) is 7.20. The molecular formula is C20H14Cl3F3O3S. The summed E-state index contributed by atoms with van der Waals surface area (Å²) in [6, 6.07) is 2.01. The van der Waals surface area contributed by atoms with Gasteiger partial charge in [0.15, 0.2) is 5.78 Å². The second-order valence-electron chi connectivity index (χ2n) is 6.59. The molecule has 0 saturated heterocycles. The van der Waals surface area contributed by atoms with Crippen molar-refractivity contribution in [2.24, 2.45) is 0 Å². The van der Waals surface area contributed by atoms with Gasteiger partial charge >= 0.3 is 12.1 Å². The SMILES string of the molecule is COC(=O)c1sc(C(=O)/C=C(\c2cc(Cl)c(Cl)c(Cl)c2)C(F)(F)F)c2c1CCCC2. The van der Waals surface area contributed by atoms with Gasteiger partial charge in [-0.1, -0.05) is 34.8 Å². The van der Waals surface area contributed by atoms with Gasteiger partial charge in [0.1, 0.15) is 4.88 Å². The molecule has 0 amide bonds. The van der Waals surface area contributed by atoms with Crippen LogP contribution >= 0.6 is 46.1 Å². The summed E-state index contributed by atoms with van der Waals surface area (Å²) in [6.07, 6.45) is -1.65. The summed E-state index contributed by atoms with van der Waals surface area (Å²) in [5.41, 5.74) is -0.290. The van der Waals surface area contributed by atoms with Crippen LogP contribution in [0.3, 0.4) is 0 Å². The van der Waals surface area contributed by atoms with Crippen molar-refractivity contribution in [2.45, 2.75) is 31.9 Å². The van der Waals surface area contributed by atoms with Crippen LogP contribution in [0, 0.1) is 0 Å². The second-order valence-corrected chi connectivity index (χ2v) is 8.80. The number of hydrogen-bond donors (Lipinski definition) is 0. The van der Waals surface area contributed by atoms with Gasteiger partial charge in [0.25, 0.3) is 0 Å². The Morgan fingerprint density at radius 2 is 1.57 bits per heavy atom. The van der Waals surface area contributed by atoms with Gasteiger partial charge in [-0.15, -0.1) is 11.3 Å². The van der Waals surface area contributed by atoms with E-state index in [1.54, 1.807) is 0 Å². The van der Waals surface area contributed by atoms with E-state index in [0.717, 1.165) is 36.3 Å². The molecule has 160 valence electrons. The average Bonchev–Trinajstić information content (AvgIpc) is 3.08. The fourth-order valence-corrected chi connectivity index (χ4v) is 5.15. The van der Waals surface area contributed by atoms with Crippen LogP contribution in [0.4, 0.5) is 13.2 Å². The maximum atomic E-state index is 13.8. The number of rotatable bonds is 4. The number of alkyl halides is 3. The Bertz CT molecular complexity index is 1030. The minimum absolute atomic E-state index is 0.0787. The minimum Gasteiger partial charge on any atom is -0.465 e. The van der Waals surface area contributed by atoms with Gasteiger partial charge in [0.05, 0.1) is 32.6 Å². The van der Waals surface area contributed by atoms with E-state index >= 15 is 0 Å². The zero-order valence-electron chi connectivity index (χ0n) is 15.5. The van der Waals surface area contributed by atoms with E-state index in [1.165, 1.54) is 7.11 Å². The van der Waals surface area contributed by atoms with E-state index in [1.807, 2.05) is 0 Å². The molecule has 0 saturated carbocycles. The van der Waals surface area contributed by atoms with Gasteiger partial charge in [-0.2, -0.15) is 13.2 Å². The third kappa shape index (κ3) is 4.54. The summed E-state index contributed by atoms with van der Waals surface area (Å²) >= 11 is 18.4. The first kappa shape index (κ1) is 23.1. The Labute approximate surface area is 189 Å². The Kier molecular flexibility index (Phi) is 6.87. The molecule has 0 N–H and O–H groups in total. The number of ketones is 1. The number of fused-ring (bicyclic) bond motifs is 1. The van der Waals surface area contributed by atoms with E-state index in [2.05, 4.69) is 0 Å². The lowest BCUT2D eigenvalue weighted by atomic mass is 9.91. The zero-order chi connectivity index (χ0) is 22.2. The largest absolute Gasteiger partial charge is 0.465 e. The van der Waals surface area contributed by atoms with Gasteiger partial charge in [0.2, 0.25) is 0 Å². The number of carbonyl (C=O) groups is 2. The number of carbonyl (C=O) groups excluding carboxylic acids is 2. The standard InChI is InChI=1S/C20H14Cl3F3O3S/c1-29-19(28)18-11-5-3-2-4-10(11)17(30-18)15(27)8-12(20(24,25)26)9-6-13(21)16(23)14(22)7-9/h6-8H,2-5H2,1H3/b12-8+. The first-order valence-electron chi connectivity index (χ1n) is 8.75. The number of allylic oxidation sites excluding steroid dienone is 2. The molecule has 0 unspecified atom stereocenters. The van der Waals surface area contributed by atoms with Crippen LogP contribution in [-0.4, -0.2) is 25.0 Å². The molecule has 0 atom stereocenters. The van der Waals surface area contributed by atoms with Crippen molar-refractivity contribution >= 4 is 63.5 Å². The summed E-state index contributed by atoms with van der Waals surface area (Å²) in [5, 5.41) is -0.406. The summed E-state index contributed by atoms with van der Waals surface area (Å²) in [6.45, 7) is 0. The van der Waals surface area contributed by atoms with Crippen molar-refractivity contribution in [3.63, 3.8) is 0 Å². The Hall–Kier alpha value is -1.54. The van der Waals surface area contributed by atoms with Crippen molar-refractivity contribution in [1.29, 1.82) is 0 Å². The molecule has 0 spiro atoms. The van der Waals surface area contributed by atoms with Crippen LogP contribution in [0.1, 0.15) is 48.9 Å². The lowest BCUT2D eigenvalue weighted by molar-refractivity contribution is -0.0689. The van der Waals surface area contributed by atoms with E-state index in [4.69, 9.17) is 39.5 Å². The van der Waals surface area contributed by atoms with Crippen LogP contribution in [-0.2, 0) is 17.6 Å². The third-order valence-corrected chi connectivity index (χ3v) is 7.16. The molecule has 1 aromatic heterocycles. The molecule has 0 bridgehead atoms. The number of thiophene rings is 1. The van der Waals surface area contributed by atoms with Crippen molar-refractivity contribution in [2.75, 3.05) is 7.11 Å². The van der Waals surface area contributed by atoms with Gasteiger partial charge in [-0.25, -0.2) is 4.79 Å². The van der Waals surface area contributed by atoms with Crippen LogP contribution in [0.2, 0.25) is 15.1 Å². The summed E-state index contributed by atoms with van der Waals surface area (Å²) < 4.78 is 46.0. The smallest absolute Gasteiger partial charge is 0.417 e. The number of methoxy groups -OCH3 is 1. The molecule has 0 fully saturated rings. The highest BCUT2D eigenvalue weighted by Crippen LogP contribution is 2.41. The van der Waals surface area contributed by atoms with Crippen molar-refractivity contribution in [3.05, 3.63) is 59.7 Å². The number of benzene rings is 1. The maximum absolute atomic E-state index is 13.8. The third-order valence-electron chi connectivity index (χ3n) is 4.69. The first-order chi connectivity index (χ1) is 14.0. The highest BCUT2D eigenvalue weighted by molar-refractivity contribution is 7.16. The fourth-order valence-electron chi connectivity index (χ4n) is 3.32. The first-order valence-corrected chi connectivity index (χ1v) is 10.7. The lowest BCUT2D eigenvalue weighted by Crippen LogP contribution is -2.13. The topological polar surface area (TPSA) is 43.4 Å². The van der Waals surface area contributed by atoms with E-state index in [0.29, 0.717) is 30.0 Å². The molecule has 10 heteroatoms. The van der Waals surface area contributed by atoms with Gasteiger partial charge < -0.3 is 4.74 Å². The highest BCUT2D eigenvalue weighted by atomic mass is 35.5. The monoisotopic (exact) mass is 496 g/mol. The second kappa shape index (κ2) is 8.91. The number of esters is 1. The summed E-state index contributed by atoms with van der Waals surface area (Å²) in [4.78, 5) is 25.3. The molecule has 3 rings (SSSR count). The number of ether oxygens (including phenoxy) is 1. The predicted molar refractivity (Wildman–Crippen MR) is 112 cm³/mol. The summed E-state index contributed by atoms with van der Waals surface area (Å²) in [5.74, 6) is -1.45. The molecule has 1 heterocycles. The molecule has 0 aliphatic heterocycles. The number of halogens is 6. The maximum Gasteiger partial charge on any atom is 0.417 e. The normalized spacial score (nSPS) is 14.4. The van der Waals surface area contributed by atoms with Crippen molar-refractivity contribution < 1.29 is 27.5 Å². The number of hydrogen-bond acceptors (Lipinski definition) is 4. The van der Waals surface area contributed by atoms with Gasteiger partial charge in [-0.3, -0.25) is 4.79 Å². The quantitative estimate of drug-likeness (QED) is 0.194. The molecular weight excluding hydrogens is 484 g/mol. The van der Waals surface area contributed by atoms with Gasteiger partial charge in [-0.05, 0) is 60.6 Å². The lowest BCUT2D eigenvalue weighted by Gasteiger charge is -2.15. The van der Waals surface area contributed by atoms with E-state index in [-0.39, 0.29) is 30.4 Å². The van der Waals surface area contributed by atoms with E-state index < -0.39 is 23.5 Å². The summed E-state index contributed by atoms with van der Waals surface area (Å²) in [7, 11) is 1.22. The van der Waals surface area contributed by atoms with Crippen LogP contribution in [0.5, 0.6) is 0 Å².